The highest BCUT2D eigenvalue weighted by Crippen LogP contribution is 2.42. The Labute approximate surface area is 242 Å². The smallest absolute Gasteiger partial charge is 0.142 e. The SMILES string of the molecule is COc1cc2c(cc1-c1c(C)noc1C)[nH]c1nc(CCN3CCN(C)CC3)nc(-c3ccnc4ccc(F)cc34)c12. The maximum atomic E-state index is 14.5. The number of aromatic nitrogens is 5. The lowest BCUT2D eigenvalue weighted by atomic mass is 9.98. The van der Waals surface area contributed by atoms with Crippen molar-refractivity contribution in [1.29, 1.82) is 0 Å². The third-order valence-electron chi connectivity index (χ3n) is 8.33. The van der Waals surface area contributed by atoms with Crippen molar-refractivity contribution in [2.75, 3.05) is 46.9 Å². The predicted molar refractivity (Wildman–Crippen MR) is 161 cm³/mol. The van der Waals surface area contributed by atoms with Gasteiger partial charge in [0.1, 0.15) is 28.8 Å². The van der Waals surface area contributed by atoms with Crippen molar-refractivity contribution in [3.8, 4) is 28.1 Å². The molecule has 1 saturated heterocycles. The van der Waals surface area contributed by atoms with Crippen LogP contribution < -0.4 is 4.74 Å². The molecule has 0 unspecified atom stereocenters. The lowest BCUT2D eigenvalue weighted by Gasteiger charge is -2.32. The van der Waals surface area contributed by atoms with Crippen LogP contribution in [0, 0.1) is 19.7 Å². The zero-order valence-corrected chi connectivity index (χ0v) is 24.2. The fourth-order valence-corrected chi connectivity index (χ4v) is 6.06. The molecule has 5 heterocycles. The van der Waals surface area contributed by atoms with Crippen LogP contribution in [-0.2, 0) is 6.42 Å². The molecular formula is C32H32FN7O2. The zero-order chi connectivity index (χ0) is 29.0. The molecule has 0 amide bonds. The van der Waals surface area contributed by atoms with E-state index >= 15 is 0 Å². The molecule has 10 heteroatoms. The molecule has 1 N–H and O–H groups in total. The van der Waals surface area contributed by atoms with Crippen LogP contribution in [0.25, 0.3) is 55.2 Å². The number of pyridine rings is 1. The monoisotopic (exact) mass is 565 g/mol. The molecule has 1 aliphatic rings. The number of likely N-dealkylation sites (N-methyl/N-ethyl adjacent to an activating group) is 1. The summed E-state index contributed by atoms with van der Waals surface area (Å²) in [6.07, 6.45) is 2.45. The summed E-state index contributed by atoms with van der Waals surface area (Å²) in [5.74, 6) is 1.83. The largest absolute Gasteiger partial charge is 0.496 e. The van der Waals surface area contributed by atoms with Crippen LogP contribution in [0.3, 0.4) is 0 Å². The lowest BCUT2D eigenvalue weighted by Crippen LogP contribution is -2.45. The molecule has 1 aliphatic heterocycles. The summed E-state index contributed by atoms with van der Waals surface area (Å²) in [5, 5.41) is 6.63. The summed E-state index contributed by atoms with van der Waals surface area (Å²) in [4.78, 5) is 23.0. The number of methoxy groups -OCH3 is 1. The van der Waals surface area contributed by atoms with Gasteiger partial charge < -0.3 is 24.0 Å². The Bertz CT molecular complexity index is 1940. The van der Waals surface area contributed by atoms with Gasteiger partial charge in [0, 0.05) is 72.8 Å². The van der Waals surface area contributed by atoms with Gasteiger partial charge in [0.25, 0.3) is 0 Å². The van der Waals surface area contributed by atoms with Gasteiger partial charge in [-0.2, -0.15) is 0 Å². The third-order valence-corrected chi connectivity index (χ3v) is 8.33. The topological polar surface area (TPSA) is 96.2 Å². The summed E-state index contributed by atoms with van der Waals surface area (Å²) in [5.41, 5.74) is 6.44. The minimum absolute atomic E-state index is 0.318. The quantitative estimate of drug-likeness (QED) is 0.281. The molecule has 0 aliphatic carbocycles. The van der Waals surface area contributed by atoms with E-state index in [2.05, 4.69) is 38.0 Å². The van der Waals surface area contributed by atoms with Gasteiger partial charge in [-0.25, -0.2) is 14.4 Å². The van der Waals surface area contributed by atoms with Crippen LogP contribution in [0.1, 0.15) is 17.3 Å². The van der Waals surface area contributed by atoms with Crippen molar-refractivity contribution in [3.05, 3.63) is 65.7 Å². The number of aryl methyl sites for hydroxylation is 2. The third kappa shape index (κ3) is 4.56. The Morgan fingerprint density at radius 1 is 1.00 bits per heavy atom. The molecule has 0 spiro atoms. The number of hydrogen-bond donors (Lipinski definition) is 1. The second-order valence-corrected chi connectivity index (χ2v) is 11.0. The van der Waals surface area contributed by atoms with E-state index in [1.54, 1.807) is 19.4 Å². The first-order valence-electron chi connectivity index (χ1n) is 14.2. The van der Waals surface area contributed by atoms with Crippen LogP contribution in [0.15, 0.2) is 47.1 Å². The average molecular weight is 566 g/mol. The summed E-state index contributed by atoms with van der Waals surface area (Å²) in [6.45, 7) is 8.84. The molecule has 42 heavy (non-hydrogen) atoms. The number of halogens is 1. The first-order chi connectivity index (χ1) is 20.4. The van der Waals surface area contributed by atoms with Crippen molar-refractivity contribution in [1.82, 2.24) is 34.9 Å². The zero-order valence-electron chi connectivity index (χ0n) is 24.2. The van der Waals surface area contributed by atoms with Gasteiger partial charge in [-0.15, -0.1) is 0 Å². The number of nitrogens with zero attached hydrogens (tertiary/aromatic N) is 6. The highest BCUT2D eigenvalue weighted by molar-refractivity contribution is 6.15. The van der Waals surface area contributed by atoms with E-state index in [4.69, 9.17) is 19.2 Å². The number of nitrogens with one attached hydrogen (secondary N) is 1. The van der Waals surface area contributed by atoms with Gasteiger partial charge in [-0.3, -0.25) is 4.98 Å². The second-order valence-electron chi connectivity index (χ2n) is 11.0. The highest BCUT2D eigenvalue weighted by atomic mass is 19.1. The highest BCUT2D eigenvalue weighted by Gasteiger charge is 2.23. The number of H-pyrrole nitrogens is 1. The predicted octanol–water partition coefficient (Wildman–Crippen LogP) is 5.54. The van der Waals surface area contributed by atoms with E-state index in [1.165, 1.54) is 12.1 Å². The van der Waals surface area contributed by atoms with Gasteiger partial charge in [0.05, 0.1) is 35.0 Å². The van der Waals surface area contributed by atoms with Crippen LogP contribution in [0.4, 0.5) is 4.39 Å². The normalized spacial score (nSPS) is 14.9. The standard InChI is InChI=1S/C32H32FN7O2/c1-18-29(19(2)42-38-18)24-16-26-23(17-27(24)41-4)30-31(21-7-9-34-25-6-5-20(33)15-22(21)25)36-28(37-32(30)35-26)8-10-40-13-11-39(3)12-14-40/h5-7,9,15-17H,8,10-14H2,1-4H3,(H,35,36,37). The van der Waals surface area contributed by atoms with E-state index in [1.807, 2.05) is 26.0 Å². The fourth-order valence-electron chi connectivity index (χ4n) is 6.06. The van der Waals surface area contributed by atoms with Gasteiger partial charge in [0.2, 0.25) is 0 Å². The molecule has 9 nitrogen and oxygen atoms in total. The second kappa shape index (κ2) is 10.5. The fraction of sp³-hybridized carbons (Fsp3) is 0.312. The molecule has 0 bridgehead atoms. The number of fused-ring (bicyclic) bond motifs is 4. The van der Waals surface area contributed by atoms with E-state index in [0.717, 1.165) is 94.3 Å². The van der Waals surface area contributed by atoms with Crippen molar-refractivity contribution in [2.24, 2.45) is 0 Å². The van der Waals surface area contributed by atoms with Gasteiger partial charge in [-0.1, -0.05) is 5.16 Å². The van der Waals surface area contributed by atoms with E-state index in [0.29, 0.717) is 23.1 Å². The van der Waals surface area contributed by atoms with Crippen molar-refractivity contribution in [3.63, 3.8) is 0 Å². The summed E-state index contributed by atoms with van der Waals surface area (Å²) in [7, 11) is 3.81. The van der Waals surface area contributed by atoms with Gasteiger partial charge in [-0.05, 0) is 57.3 Å². The summed E-state index contributed by atoms with van der Waals surface area (Å²) in [6, 6.07) is 10.6. The van der Waals surface area contributed by atoms with Crippen molar-refractivity contribution >= 4 is 32.8 Å². The molecule has 2 aromatic carbocycles. The Morgan fingerprint density at radius 2 is 1.83 bits per heavy atom. The molecule has 7 rings (SSSR count). The number of piperazine rings is 1. The lowest BCUT2D eigenvalue weighted by molar-refractivity contribution is 0.155. The first kappa shape index (κ1) is 26.5. The molecule has 214 valence electrons. The minimum Gasteiger partial charge on any atom is -0.496 e. The maximum Gasteiger partial charge on any atom is 0.142 e. The van der Waals surface area contributed by atoms with E-state index in [-0.39, 0.29) is 5.82 Å². The Kier molecular flexibility index (Phi) is 6.59. The number of benzene rings is 2. The first-order valence-corrected chi connectivity index (χ1v) is 14.2. The van der Waals surface area contributed by atoms with Gasteiger partial charge >= 0.3 is 0 Å². The van der Waals surface area contributed by atoms with E-state index in [9.17, 15) is 4.39 Å². The maximum absolute atomic E-state index is 14.5. The summed E-state index contributed by atoms with van der Waals surface area (Å²) >= 11 is 0. The van der Waals surface area contributed by atoms with Crippen molar-refractivity contribution in [2.45, 2.75) is 20.3 Å². The number of hydrogen-bond acceptors (Lipinski definition) is 8. The molecule has 6 aromatic rings. The molecule has 0 radical (unpaired) electrons. The molecule has 4 aromatic heterocycles. The van der Waals surface area contributed by atoms with Crippen LogP contribution in [0.5, 0.6) is 5.75 Å². The van der Waals surface area contributed by atoms with Crippen LogP contribution in [0.2, 0.25) is 0 Å². The minimum atomic E-state index is -0.318. The number of ether oxygens (including phenoxy) is 1. The van der Waals surface area contributed by atoms with Gasteiger partial charge in [0.15, 0.2) is 0 Å². The van der Waals surface area contributed by atoms with Crippen LogP contribution in [-0.4, -0.2) is 81.8 Å². The number of rotatable bonds is 6. The van der Waals surface area contributed by atoms with Crippen LogP contribution >= 0.6 is 0 Å². The molecule has 1 fully saturated rings. The number of aromatic amines is 1. The Morgan fingerprint density at radius 3 is 2.60 bits per heavy atom. The van der Waals surface area contributed by atoms with Crippen molar-refractivity contribution < 1.29 is 13.7 Å². The molecule has 0 atom stereocenters. The Balaban J connectivity index is 1.44. The Hall–Kier alpha value is -4.41. The molecular weight excluding hydrogens is 533 g/mol. The average Bonchev–Trinajstić information content (AvgIpc) is 3.53. The summed E-state index contributed by atoms with van der Waals surface area (Å²) < 4.78 is 25.9. The van der Waals surface area contributed by atoms with E-state index < -0.39 is 0 Å². The molecule has 0 saturated carbocycles.